The normalized spacial score (nSPS) is 24.0. The van der Waals surface area contributed by atoms with E-state index in [-0.39, 0.29) is 40.6 Å². The topological polar surface area (TPSA) is 3.24 Å². The lowest BCUT2D eigenvalue weighted by molar-refractivity contribution is -0.0399. The van der Waals surface area contributed by atoms with Gasteiger partial charge in [-0.1, -0.05) is 159 Å². The molecule has 4 bridgehead atoms. The Balaban J connectivity index is 1.02. The molecule has 14 rings (SSSR count). The average molecular weight is 803 g/mol. The van der Waals surface area contributed by atoms with Crippen LogP contribution in [-0.4, -0.2) is 0 Å². The summed E-state index contributed by atoms with van der Waals surface area (Å²) in [5.41, 5.74) is 17.9. The summed E-state index contributed by atoms with van der Waals surface area (Å²) in [7, 11) is 0. The molecule has 300 valence electrons. The maximum Gasteiger partial charge on any atom is 0.0629 e. The molecule has 6 aliphatic rings. The van der Waals surface area contributed by atoms with Crippen molar-refractivity contribution in [1.29, 1.82) is 0 Å². The maximum atomic E-state index is 9.42. The first kappa shape index (κ1) is 31.4. The molecule has 0 atom stereocenters. The minimum atomic E-state index is -0.402. The summed E-state index contributed by atoms with van der Waals surface area (Å²) in [5, 5.41) is 0. The molecule has 62 heavy (non-hydrogen) atoms. The summed E-state index contributed by atoms with van der Waals surface area (Å²) in [4.78, 5) is 2.21. The van der Waals surface area contributed by atoms with E-state index in [0.717, 1.165) is 51.2 Å². The van der Waals surface area contributed by atoms with E-state index in [9.17, 15) is 2.74 Å². The largest absolute Gasteiger partial charge is 0.310 e. The van der Waals surface area contributed by atoms with Gasteiger partial charge in [0.15, 0.2) is 0 Å². The van der Waals surface area contributed by atoms with E-state index in [1.54, 1.807) is 0 Å². The average Bonchev–Trinajstić information content (AvgIpc) is 3.77. The number of nitrogens with zero attached hydrogens (tertiary/aromatic N) is 1. The Kier molecular flexibility index (Phi) is 6.85. The predicted octanol–water partition coefficient (Wildman–Crippen LogP) is 16.2. The van der Waals surface area contributed by atoms with Gasteiger partial charge in [0.2, 0.25) is 0 Å². The summed E-state index contributed by atoms with van der Waals surface area (Å²) < 4.78 is 45.2. The van der Waals surface area contributed by atoms with Crippen molar-refractivity contribution < 1.29 is 6.85 Å². The number of hydrogen-bond donors (Lipinski definition) is 0. The van der Waals surface area contributed by atoms with Crippen LogP contribution in [0.3, 0.4) is 0 Å². The Morgan fingerprint density at radius 1 is 0.419 bits per heavy atom. The molecule has 0 unspecified atom stereocenters. The van der Waals surface area contributed by atoms with Gasteiger partial charge < -0.3 is 4.90 Å². The van der Waals surface area contributed by atoms with Crippen LogP contribution in [0.1, 0.15) is 75.1 Å². The van der Waals surface area contributed by atoms with Crippen molar-refractivity contribution in [3.05, 3.63) is 210 Å². The molecule has 6 aliphatic carbocycles. The summed E-state index contributed by atoms with van der Waals surface area (Å²) in [5.74, 6) is 3.06. The third kappa shape index (κ3) is 5.21. The van der Waals surface area contributed by atoms with Crippen LogP contribution in [0.15, 0.2) is 188 Å². The SMILES string of the molecule is [2H]c1c([2H])c([2H])c(-c2cc(-c3ccc4c(c3)-c3ccccc3C43C4CC5CC(C4)CC3C5)ccc2N(c2ccc(-c3ccccc3)cc2)c2ccc3c(c2)C(C)(C)c2ccccc2-3)c([2H])c1[2H]. The number of rotatable bonds is 6. The molecule has 0 N–H and O–H groups in total. The fourth-order valence-electron chi connectivity index (χ4n) is 13.5. The summed E-state index contributed by atoms with van der Waals surface area (Å²) in [6.45, 7) is 4.57. The van der Waals surface area contributed by atoms with Crippen LogP contribution >= 0.6 is 0 Å². The number of fused-ring (bicyclic) bond motifs is 6. The lowest BCUT2D eigenvalue weighted by Crippen LogP contribution is -2.55. The van der Waals surface area contributed by atoms with E-state index in [2.05, 4.69) is 170 Å². The molecule has 8 aromatic rings. The Morgan fingerprint density at radius 3 is 1.69 bits per heavy atom. The second-order valence-corrected chi connectivity index (χ2v) is 19.4. The zero-order chi connectivity index (χ0) is 45.5. The molecule has 0 aromatic heterocycles. The van der Waals surface area contributed by atoms with Gasteiger partial charge in [-0.25, -0.2) is 0 Å². The first-order valence-corrected chi connectivity index (χ1v) is 22.7. The summed E-state index contributed by atoms with van der Waals surface area (Å²) >= 11 is 0. The molecule has 0 amide bonds. The minimum Gasteiger partial charge on any atom is -0.310 e. The quantitative estimate of drug-likeness (QED) is 0.162. The van der Waals surface area contributed by atoms with Crippen molar-refractivity contribution in [3.63, 3.8) is 0 Å². The molecule has 8 aromatic carbocycles. The van der Waals surface area contributed by atoms with Crippen molar-refractivity contribution in [2.75, 3.05) is 4.90 Å². The third-order valence-electron chi connectivity index (χ3n) is 16.0. The number of benzene rings is 8. The van der Waals surface area contributed by atoms with Gasteiger partial charge in [-0.15, -0.1) is 0 Å². The molecule has 0 heterocycles. The highest BCUT2D eigenvalue weighted by atomic mass is 15.1. The van der Waals surface area contributed by atoms with Crippen molar-refractivity contribution >= 4 is 17.1 Å². The van der Waals surface area contributed by atoms with E-state index >= 15 is 0 Å². The van der Waals surface area contributed by atoms with E-state index in [1.807, 2.05) is 6.07 Å². The van der Waals surface area contributed by atoms with Crippen molar-refractivity contribution in [3.8, 4) is 55.6 Å². The van der Waals surface area contributed by atoms with Gasteiger partial charge in [0.05, 0.1) is 12.5 Å². The maximum absolute atomic E-state index is 9.42. The van der Waals surface area contributed by atoms with Crippen LogP contribution < -0.4 is 4.90 Å². The Bertz CT molecular complexity index is 3290. The van der Waals surface area contributed by atoms with Crippen molar-refractivity contribution in [1.82, 2.24) is 0 Å². The standard InChI is InChI=1S/C61H51N/c1-60(2)55-19-11-9-17-50(55)52-28-27-49(38-58(52)60)62(48-25-21-42(22-26-48)41-13-5-3-6-14-41)59-30-24-45(36-53(59)43-15-7-4-8-16-43)44-23-29-57-54(37-44)51-18-10-12-20-56(51)61(57)46-32-39-31-40(34-46)35-47(61)33-39/h3-30,36-40,46-47H,31-35H2,1-2H3/i4D,7D,8D,15D,16D. The Hall–Kier alpha value is -6.44. The fraction of sp³-hybridized carbons (Fsp3) is 0.213. The van der Waals surface area contributed by atoms with E-state index in [0.29, 0.717) is 17.4 Å². The lowest BCUT2D eigenvalue weighted by atomic mass is 9.43. The molecule has 1 heteroatoms. The monoisotopic (exact) mass is 802 g/mol. The highest BCUT2D eigenvalue weighted by molar-refractivity contribution is 5.94. The highest BCUT2D eigenvalue weighted by Gasteiger charge is 2.61. The highest BCUT2D eigenvalue weighted by Crippen LogP contribution is 2.69. The zero-order valence-electron chi connectivity index (χ0n) is 40.3. The molecule has 1 nitrogen and oxygen atoms in total. The third-order valence-corrected chi connectivity index (χ3v) is 16.0. The summed E-state index contributed by atoms with van der Waals surface area (Å²) in [6.07, 6.45) is 6.71. The van der Waals surface area contributed by atoms with E-state index < -0.39 is 6.04 Å². The summed E-state index contributed by atoms with van der Waals surface area (Å²) in [6, 6.07) is 55.3. The van der Waals surface area contributed by atoms with Gasteiger partial charge in [-0.05, 0) is 171 Å². The van der Waals surface area contributed by atoms with Crippen LogP contribution in [0.2, 0.25) is 0 Å². The van der Waals surface area contributed by atoms with Gasteiger partial charge >= 0.3 is 0 Å². The molecule has 4 fully saturated rings. The minimum absolute atomic E-state index is 0.0581. The molecule has 0 aliphatic heterocycles. The first-order valence-electron chi connectivity index (χ1n) is 25.2. The van der Waals surface area contributed by atoms with Crippen molar-refractivity contribution in [2.24, 2.45) is 23.7 Å². The van der Waals surface area contributed by atoms with Crippen LogP contribution in [0.25, 0.3) is 55.6 Å². The van der Waals surface area contributed by atoms with Gasteiger partial charge in [-0.2, -0.15) is 0 Å². The van der Waals surface area contributed by atoms with Gasteiger partial charge in [-0.3, -0.25) is 0 Å². The smallest absolute Gasteiger partial charge is 0.0629 e. The van der Waals surface area contributed by atoms with E-state index in [4.69, 9.17) is 4.11 Å². The molecule has 1 spiro atoms. The van der Waals surface area contributed by atoms with Crippen LogP contribution in [0.5, 0.6) is 0 Å². The van der Waals surface area contributed by atoms with Gasteiger partial charge in [0.25, 0.3) is 0 Å². The van der Waals surface area contributed by atoms with Gasteiger partial charge in [0, 0.05) is 27.8 Å². The molecular formula is C61H51N. The molecule has 4 saturated carbocycles. The molecular weight excluding hydrogens is 747 g/mol. The predicted molar refractivity (Wildman–Crippen MR) is 258 cm³/mol. The Labute approximate surface area is 373 Å². The number of hydrogen-bond acceptors (Lipinski definition) is 1. The lowest BCUT2D eigenvalue weighted by Gasteiger charge is -2.61. The van der Waals surface area contributed by atoms with Gasteiger partial charge in [0.1, 0.15) is 0 Å². The second kappa shape index (κ2) is 13.5. The number of anilines is 3. The van der Waals surface area contributed by atoms with Crippen LogP contribution in [0.4, 0.5) is 17.1 Å². The first-order chi connectivity index (χ1) is 32.5. The van der Waals surface area contributed by atoms with Crippen LogP contribution in [-0.2, 0) is 10.8 Å². The molecule has 0 saturated heterocycles. The van der Waals surface area contributed by atoms with Crippen LogP contribution in [0, 0.1) is 23.7 Å². The zero-order valence-corrected chi connectivity index (χ0v) is 35.3. The Morgan fingerprint density at radius 2 is 0.968 bits per heavy atom. The van der Waals surface area contributed by atoms with E-state index in [1.165, 1.54) is 76.6 Å². The van der Waals surface area contributed by atoms with Crippen molar-refractivity contribution in [2.45, 2.75) is 56.8 Å². The second-order valence-electron chi connectivity index (χ2n) is 19.4. The fourth-order valence-corrected chi connectivity index (χ4v) is 13.5. The molecule has 0 radical (unpaired) electrons.